The first-order valence-corrected chi connectivity index (χ1v) is 5.85. The SMILES string of the molecule is O=C(c1cccnc1)C1CC1c1ccccc1. The van der Waals surface area contributed by atoms with Gasteiger partial charge in [-0.05, 0) is 30.0 Å². The number of benzene rings is 1. The van der Waals surface area contributed by atoms with Crippen LogP contribution in [0.4, 0.5) is 0 Å². The van der Waals surface area contributed by atoms with Crippen LogP contribution in [0.3, 0.4) is 0 Å². The third kappa shape index (κ3) is 1.98. The summed E-state index contributed by atoms with van der Waals surface area (Å²) < 4.78 is 0. The minimum atomic E-state index is 0.154. The van der Waals surface area contributed by atoms with E-state index in [1.807, 2.05) is 30.3 Å². The van der Waals surface area contributed by atoms with Gasteiger partial charge in [-0.3, -0.25) is 9.78 Å². The van der Waals surface area contributed by atoms with Crippen LogP contribution in [-0.4, -0.2) is 10.8 Å². The quantitative estimate of drug-likeness (QED) is 0.748. The van der Waals surface area contributed by atoms with Crippen molar-refractivity contribution >= 4 is 5.78 Å². The van der Waals surface area contributed by atoms with Gasteiger partial charge in [-0.15, -0.1) is 0 Å². The van der Waals surface area contributed by atoms with Crippen molar-refractivity contribution in [2.24, 2.45) is 5.92 Å². The number of rotatable bonds is 3. The number of aromatic nitrogens is 1. The van der Waals surface area contributed by atoms with Crippen LogP contribution in [0.1, 0.15) is 28.3 Å². The molecule has 2 nitrogen and oxygen atoms in total. The minimum absolute atomic E-state index is 0.154. The number of Topliss-reactive ketones (excluding diaryl/α,β-unsaturated/α-hetero) is 1. The molecule has 0 radical (unpaired) electrons. The standard InChI is InChI=1S/C15H13NO/c17-15(12-7-4-8-16-10-12)14-9-13(14)11-5-2-1-3-6-11/h1-8,10,13-14H,9H2. The Kier molecular flexibility index (Phi) is 2.48. The Bertz CT molecular complexity index is 521. The van der Waals surface area contributed by atoms with Gasteiger partial charge in [0, 0.05) is 23.9 Å². The molecule has 1 saturated carbocycles. The molecule has 0 amide bonds. The van der Waals surface area contributed by atoms with Crippen LogP contribution in [-0.2, 0) is 0 Å². The van der Waals surface area contributed by atoms with Gasteiger partial charge >= 0.3 is 0 Å². The Labute approximate surface area is 100 Å². The van der Waals surface area contributed by atoms with E-state index >= 15 is 0 Å². The molecule has 0 bridgehead atoms. The number of ketones is 1. The molecule has 2 atom stereocenters. The molecule has 1 aromatic heterocycles. The monoisotopic (exact) mass is 223 g/mol. The number of hydrogen-bond acceptors (Lipinski definition) is 2. The lowest BCUT2D eigenvalue weighted by Gasteiger charge is -2.00. The third-order valence-electron chi connectivity index (χ3n) is 3.30. The molecule has 0 aliphatic heterocycles. The highest BCUT2D eigenvalue weighted by Crippen LogP contribution is 2.48. The Morgan fingerprint density at radius 1 is 1.12 bits per heavy atom. The third-order valence-corrected chi connectivity index (χ3v) is 3.30. The molecular formula is C15H13NO. The van der Waals surface area contributed by atoms with Gasteiger partial charge in [-0.25, -0.2) is 0 Å². The minimum Gasteiger partial charge on any atom is -0.294 e. The summed E-state index contributed by atoms with van der Waals surface area (Å²) in [4.78, 5) is 16.1. The van der Waals surface area contributed by atoms with E-state index in [9.17, 15) is 4.79 Å². The molecular weight excluding hydrogens is 210 g/mol. The van der Waals surface area contributed by atoms with Crippen LogP contribution >= 0.6 is 0 Å². The molecule has 1 fully saturated rings. The highest BCUT2D eigenvalue weighted by molar-refractivity contribution is 6.00. The first-order valence-electron chi connectivity index (χ1n) is 5.85. The van der Waals surface area contributed by atoms with Crippen LogP contribution in [0.25, 0.3) is 0 Å². The van der Waals surface area contributed by atoms with Crippen molar-refractivity contribution in [3.8, 4) is 0 Å². The van der Waals surface area contributed by atoms with E-state index in [1.165, 1.54) is 5.56 Å². The van der Waals surface area contributed by atoms with Crippen molar-refractivity contribution in [3.05, 3.63) is 66.0 Å². The summed E-state index contributed by atoms with van der Waals surface area (Å²) in [5, 5.41) is 0. The van der Waals surface area contributed by atoms with Gasteiger partial charge in [0.1, 0.15) is 0 Å². The zero-order chi connectivity index (χ0) is 11.7. The predicted octanol–water partition coefficient (Wildman–Crippen LogP) is 3.07. The van der Waals surface area contributed by atoms with Gasteiger partial charge in [0.25, 0.3) is 0 Å². The van der Waals surface area contributed by atoms with Gasteiger partial charge in [-0.2, -0.15) is 0 Å². The molecule has 3 rings (SSSR count). The second-order valence-corrected chi connectivity index (χ2v) is 4.47. The zero-order valence-electron chi connectivity index (χ0n) is 9.41. The van der Waals surface area contributed by atoms with E-state index in [0.717, 1.165) is 12.0 Å². The van der Waals surface area contributed by atoms with Gasteiger partial charge in [0.15, 0.2) is 5.78 Å². The van der Waals surface area contributed by atoms with E-state index in [-0.39, 0.29) is 11.7 Å². The van der Waals surface area contributed by atoms with Crippen molar-refractivity contribution < 1.29 is 4.79 Å². The number of carbonyl (C=O) groups excluding carboxylic acids is 1. The number of carbonyl (C=O) groups is 1. The van der Waals surface area contributed by atoms with Crippen molar-refractivity contribution in [2.45, 2.75) is 12.3 Å². The van der Waals surface area contributed by atoms with Crippen molar-refractivity contribution in [3.63, 3.8) is 0 Å². The molecule has 0 saturated heterocycles. The van der Waals surface area contributed by atoms with Crippen molar-refractivity contribution in [1.29, 1.82) is 0 Å². The number of nitrogens with zero attached hydrogens (tertiary/aromatic N) is 1. The molecule has 2 unspecified atom stereocenters. The van der Waals surface area contributed by atoms with Crippen molar-refractivity contribution in [2.75, 3.05) is 0 Å². The number of pyridine rings is 1. The van der Waals surface area contributed by atoms with Gasteiger partial charge in [0.05, 0.1) is 0 Å². The van der Waals surface area contributed by atoms with Gasteiger partial charge in [-0.1, -0.05) is 30.3 Å². The Hall–Kier alpha value is -1.96. The van der Waals surface area contributed by atoms with Crippen LogP contribution in [0, 0.1) is 5.92 Å². The highest BCUT2D eigenvalue weighted by Gasteiger charge is 2.43. The van der Waals surface area contributed by atoms with Crippen LogP contribution < -0.4 is 0 Å². The second kappa shape index (κ2) is 4.13. The molecule has 1 aliphatic carbocycles. The maximum absolute atomic E-state index is 12.2. The molecule has 0 N–H and O–H groups in total. The fourth-order valence-corrected chi connectivity index (χ4v) is 2.28. The van der Waals surface area contributed by atoms with Crippen molar-refractivity contribution in [1.82, 2.24) is 4.98 Å². The Morgan fingerprint density at radius 2 is 1.94 bits per heavy atom. The molecule has 0 spiro atoms. The Balaban J connectivity index is 1.76. The molecule has 84 valence electrons. The average molecular weight is 223 g/mol. The molecule has 17 heavy (non-hydrogen) atoms. The fraction of sp³-hybridized carbons (Fsp3) is 0.200. The summed E-state index contributed by atoms with van der Waals surface area (Å²) in [6.07, 6.45) is 4.32. The summed E-state index contributed by atoms with van der Waals surface area (Å²) in [5.74, 6) is 0.789. The van der Waals surface area contributed by atoms with Gasteiger partial charge in [0.2, 0.25) is 0 Å². The molecule has 2 aromatic rings. The molecule has 1 heterocycles. The normalized spacial score (nSPS) is 22.1. The smallest absolute Gasteiger partial charge is 0.168 e. The van der Waals surface area contributed by atoms with E-state index in [4.69, 9.17) is 0 Å². The summed E-state index contributed by atoms with van der Waals surface area (Å²) in [5.41, 5.74) is 2.01. The lowest BCUT2D eigenvalue weighted by atomic mass is 10.0. The van der Waals surface area contributed by atoms with E-state index in [2.05, 4.69) is 17.1 Å². The fourth-order valence-electron chi connectivity index (χ4n) is 2.28. The lowest BCUT2D eigenvalue weighted by Crippen LogP contribution is -2.03. The largest absolute Gasteiger partial charge is 0.294 e. The molecule has 1 aliphatic rings. The average Bonchev–Trinajstić information content (AvgIpc) is 3.20. The summed E-state index contributed by atoms with van der Waals surface area (Å²) in [6, 6.07) is 13.9. The maximum Gasteiger partial charge on any atom is 0.168 e. The summed E-state index contributed by atoms with van der Waals surface area (Å²) in [6.45, 7) is 0. The molecule has 1 aromatic carbocycles. The summed E-state index contributed by atoms with van der Waals surface area (Å²) in [7, 11) is 0. The second-order valence-electron chi connectivity index (χ2n) is 4.47. The van der Waals surface area contributed by atoms with E-state index in [1.54, 1.807) is 12.4 Å². The van der Waals surface area contributed by atoms with Crippen LogP contribution in [0.5, 0.6) is 0 Å². The van der Waals surface area contributed by atoms with Crippen LogP contribution in [0.15, 0.2) is 54.9 Å². The highest BCUT2D eigenvalue weighted by atomic mass is 16.1. The predicted molar refractivity (Wildman–Crippen MR) is 65.9 cm³/mol. The summed E-state index contributed by atoms with van der Waals surface area (Å²) >= 11 is 0. The first-order chi connectivity index (χ1) is 8.36. The van der Waals surface area contributed by atoms with Gasteiger partial charge < -0.3 is 0 Å². The lowest BCUT2D eigenvalue weighted by molar-refractivity contribution is 0.0965. The topological polar surface area (TPSA) is 30.0 Å². The van der Waals surface area contributed by atoms with E-state index < -0.39 is 0 Å². The zero-order valence-corrected chi connectivity index (χ0v) is 9.41. The maximum atomic E-state index is 12.2. The first kappa shape index (κ1) is 10.2. The Morgan fingerprint density at radius 3 is 2.65 bits per heavy atom. The number of hydrogen-bond donors (Lipinski definition) is 0. The van der Waals surface area contributed by atoms with E-state index in [0.29, 0.717) is 5.92 Å². The molecule has 2 heteroatoms. The van der Waals surface area contributed by atoms with Crippen LogP contribution in [0.2, 0.25) is 0 Å².